The summed E-state index contributed by atoms with van der Waals surface area (Å²) in [7, 11) is -0.364. The number of piperidine rings is 1. The van der Waals surface area contributed by atoms with Crippen molar-refractivity contribution in [1.82, 2.24) is 4.90 Å². The standard InChI is InChI=1S/C15H21NO5S/c1-20-11-15(17)16-9-7-14(8-10-16)22(18,19)13-5-3-12(21-2)4-6-13/h3-6,14H,7-11H2,1-2H3. The number of rotatable bonds is 5. The lowest BCUT2D eigenvalue weighted by molar-refractivity contribution is -0.135. The van der Waals surface area contributed by atoms with Crippen LogP contribution >= 0.6 is 0 Å². The van der Waals surface area contributed by atoms with Crippen molar-refractivity contribution < 1.29 is 22.7 Å². The summed E-state index contributed by atoms with van der Waals surface area (Å²) in [6.07, 6.45) is 0.896. The summed E-state index contributed by atoms with van der Waals surface area (Å²) in [5, 5.41) is -0.451. The molecule has 22 heavy (non-hydrogen) atoms. The number of carbonyl (C=O) groups excluding carboxylic acids is 1. The number of nitrogens with zero attached hydrogens (tertiary/aromatic N) is 1. The van der Waals surface area contributed by atoms with Crippen molar-refractivity contribution >= 4 is 15.7 Å². The molecule has 1 aromatic carbocycles. The second-order valence-corrected chi connectivity index (χ2v) is 7.46. The predicted octanol–water partition coefficient (Wildman–Crippen LogP) is 1.11. The summed E-state index contributed by atoms with van der Waals surface area (Å²) in [5.41, 5.74) is 0. The van der Waals surface area contributed by atoms with Crippen molar-refractivity contribution in [3.63, 3.8) is 0 Å². The number of methoxy groups -OCH3 is 2. The third-order valence-electron chi connectivity index (χ3n) is 3.89. The Balaban J connectivity index is 2.04. The first-order chi connectivity index (χ1) is 10.5. The first-order valence-electron chi connectivity index (χ1n) is 7.13. The largest absolute Gasteiger partial charge is 0.497 e. The smallest absolute Gasteiger partial charge is 0.248 e. The molecule has 1 amide bonds. The van der Waals surface area contributed by atoms with Gasteiger partial charge in [-0.1, -0.05) is 0 Å². The molecule has 6 nitrogen and oxygen atoms in total. The van der Waals surface area contributed by atoms with E-state index < -0.39 is 15.1 Å². The van der Waals surface area contributed by atoms with Crippen LogP contribution in [0.4, 0.5) is 0 Å². The molecule has 2 rings (SSSR count). The third-order valence-corrected chi connectivity index (χ3v) is 6.17. The first-order valence-corrected chi connectivity index (χ1v) is 8.68. The van der Waals surface area contributed by atoms with Gasteiger partial charge in [0.25, 0.3) is 0 Å². The van der Waals surface area contributed by atoms with E-state index in [-0.39, 0.29) is 12.5 Å². The lowest BCUT2D eigenvalue weighted by Crippen LogP contribution is -2.43. The van der Waals surface area contributed by atoms with Gasteiger partial charge < -0.3 is 14.4 Å². The van der Waals surface area contributed by atoms with Crippen molar-refractivity contribution in [2.45, 2.75) is 23.0 Å². The number of benzene rings is 1. The van der Waals surface area contributed by atoms with Crippen LogP contribution in [0, 0.1) is 0 Å². The molecular weight excluding hydrogens is 306 g/mol. The Kier molecular flexibility index (Phi) is 5.42. The van der Waals surface area contributed by atoms with E-state index in [9.17, 15) is 13.2 Å². The summed E-state index contributed by atoms with van der Waals surface area (Å²) in [4.78, 5) is 13.7. The van der Waals surface area contributed by atoms with Gasteiger partial charge in [-0.3, -0.25) is 4.79 Å². The van der Waals surface area contributed by atoms with E-state index in [1.807, 2.05) is 0 Å². The normalized spacial score (nSPS) is 16.5. The highest BCUT2D eigenvalue weighted by molar-refractivity contribution is 7.92. The minimum Gasteiger partial charge on any atom is -0.497 e. The second kappa shape index (κ2) is 7.11. The van der Waals surface area contributed by atoms with Crippen molar-refractivity contribution in [2.24, 2.45) is 0 Å². The number of carbonyl (C=O) groups is 1. The lowest BCUT2D eigenvalue weighted by Gasteiger charge is -2.31. The Hall–Kier alpha value is -1.60. The van der Waals surface area contributed by atoms with Gasteiger partial charge in [-0.25, -0.2) is 8.42 Å². The van der Waals surface area contributed by atoms with E-state index in [4.69, 9.17) is 9.47 Å². The van der Waals surface area contributed by atoms with Crippen molar-refractivity contribution in [3.8, 4) is 5.75 Å². The molecule has 0 spiro atoms. The molecule has 0 radical (unpaired) electrons. The average molecular weight is 327 g/mol. The molecule has 0 bridgehead atoms. The highest BCUT2D eigenvalue weighted by Crippen LogP contribution is 2.26. The van der Waals surface area contributed by atoms with Gasteiger partial charge in [0.15, 0.2) is 9.84 Å². The van der Waals surface area contributed by atoms with Gasteiger partial charge in [-0.05, 0) is 37.1 Å². The van der Waals surface area contributed by atoms with Crippen LogP contribution in [0.5, 0.6) is 5.75 Å². The molecule has 1 heterocycles. The SMILES string of the molecule is COCC(=O)N1CCC(S(=O)(=O)c2ccc(OC)cc2)CC1. The zero-order valence-corrected chi connectivity index (χ0v) is 13.6. The maximum Gasteiger partial charge on any atom is 0.248 e. The van der Waals surface area contributed by atoms with Crippen LogP contribution in [-0.4, -0.2) is 58.4 Å². The summed E-state index contributed by atoms with van der Waals surface area (Å²) < 4.78 is 35.1. The average Bonchev–Trinajstić information content (AvgIpc) is 2.55. The summed E-state index contributed by atoms with van der Waals surface area (Å²) in [5.74, 6) is 0.529. The van der Waals surface area contributed by atoms with Gasteiger partial charge in [0.05, 0.1) is 17.3 Å². The minimum absolute atomic E-state index is 0.0376. The van der Waals surface area contributed by atoms with Gasteiger partial charge in [-0.15, -0.1) is 0 Å². The number of ether oxygens (including phenoxy) is 2. The van der Waals surface area contributed by atoms with Crippen molar-refractivity contribution in [2.75, 3.05) is 33.9 Å². The highest BCUT2D eigenvalue weighted by atomic mass is 32.2. The maximum atomic E-state index is 12.6. The number of sulfone groups is 1. The van der Waals surface area contributed by atoms with E-state index in [2.05, 4.69) is 0 Å². The maximum absolute atomic E-state index is 12.6. The number of hydrogen-bond donors (Lipinski definition) is 0. The molecule has 122 valence electrons. The summed E-state index contributed by atoms with van der Waals surface area (Å²) in [6, 6.07) is 6.42. The Bertz CT molecular complexity index is 603. The fraction of sp³-hybridized carbons (Fsp3) is 0.533. The summed E-state index contributed by atoms with van der Waals surface area (Å²) >= 11 is 0. The third kappa shape index (κ3) is 3.59. The molecular formula is C15H21NO5S. The molecule has 0 unspecified atom stereocenters. The fourth-order valence-electron chi connectivity index (χ4n) is 2.59. The summed E-state index contributed by atoms with van der Waals surface area (Å²) in [6.45, 7) is 0.931. The Morgan fingerprint density at radius 1 is 1.18 bits per heavy atom. The molecule has 0 atom stereocenters. The predicted molar refractivity (Wildman–Crippen MR) is 81.7 cm³/mol. The van der Waals surface area contributed by atoms with Crippen LogP contribution in [0.2, 0.25) is 0 Å². The second-order valence-electron chi connectivity index (χ2n) is 5.23. The van der Waals surface area contributed by atoms with E-state index in [1.54, 1.807) is 29.2 Å². The molecule has 7 heteroatoms. The Morgan fingerprint density at radius 3 is 2.27 bits per heavy atom. The van der Waals surface area contributed by atoms with E-state index >= 15 is 0 Å². The molecule has 0 aliphatic carbocycles. The minimum atomic E-state index is -3.37. The number of amides is 1. The zero-order chi connectivity index (χ0) is 16.2. The van der Waals surface area contributed by atoms with Crippen molar-refractivity contribution in [1.29, 1.82) is 0 Å². The zero-order valence-electron chi connectivity index (χ0n) is 12.8. The van der Waals surface area contributed by atoms with Gasteiger partial charge in [-0.2, -0.15) is 0 Å². The fourth-order valence-corrected chi connectivity index (χ4v) is 4.32. The number of hydrogen-bond acceptors (Lipinski definition) is 5. The van der Waals surface area contributed by atoms with E-state index in [1.165, 1.54) is 14.2 Å². The number of likely N-dealkylation sites (tertiary alicyclic amines) is 1. The first kappa shape index (κ1) is 16.8. The molecule has 1 aliphatic rings. The lowest BCUT2D eigenvalue weighted by atomic mass is 10.1. The monoisotopic (exact) mass is 327 g/mol. The van der Waals surface area contributed by atoms with Crippen LogP contribution in [0.3, 0.4) is 0 Å². The molecule has 0 aromatic heterocycles. The molecule has 0 N–H and O–H groups in total. The van der Waals surface area contributed by atoms with Crippen LogP contribution in [-0.2, 0) is 19.4 Å². The van der Waals surface area contributed by atoms with Crippen LogP contribution in [0.25, 0.3) is 0 Å². The molecule has 1 saturated heterocycles. The quantitative estimate of drug-likeness (QED) is 0.810. The van der Waals surface area contributed by atoms with Gasteiger partial charge in [0, 0.05) is 20.2 Å². The van der Waals surface area contributed by atoms with Gasteiger partial charge >= 0.3 is 0 Å². The molecule has 1 aromatic rings. The van der Waals surface area contributed by atoms with Gasteiger partial charge in [0.2, 0.25) is 5.91 Å². The van der Waals surface area contributed by atoms with Gasteiger partial charge in [0.1, 0.15) is 12.4 Å². The molecule has 1 aliphatic heterocycles. The van der Waals surface area contributed by atoms with Crippen LogP contribution in [0.15, 0.2) is 29.2 Å². The van der Waals surface area contributed by atoms with Crippen LogP contribution in [0.1, 0.15) is 12.8 Å². The van der Waals surface area contributed by atoms with Crippen molar-refractivity contribution in [3.05, 3.63) is 24.3 Å². The van der Waals surface area contributed by atoms with E-state index in [0.29, 0.717) is 36.6 Å². The topological polar surface area (TPSA) is 72.9 Å². The van der Waals surface area contributed by atoms with Crippen LogP contribution < -0.4 is 4.74 Å². The molecule has 0 saturated carbocycles. The molecule has 1 fully saturated rings. The Labute approximate surface area is 130 Å². The Morgan fingerprint density at radius 2 is 1.77 bits per heavy atom. The highest BCUT2D eigenvalue weighted by Gasteiger charge is 2.32. The van der Waals surface area contributed by atoms with E-state index in [0.717, 1.165) is 0 Å².